The fraction of sp³-hybridized carbons (Fsp3) is 0.143. The molecule has 0 aliphatic heterocycles. The maximum Gasteiger partial charge on any atom is 0.408 e. The first-order valence-corrected chi connectivity index (χ1v) is 10.8. The second-order valence-electron chi connectivity index (χ2n) is 7.67. The van der Waals surface area contributed by atoms with Gasteiger partial charge in [0.05, 0.1) is 7.11 Å². The number of alkyl carbamates (subject to hydrolysis) is 1. The number of carbonyl (C=O) groups is 2. The molecule has 1 amide bonds. The van der Waals surface area contributed by atoms with Crippen molar-refractivity contribution in [2.75, 3.05) is 7.11 Å². The van der Waals surface area contributed by atoms with Gasteiger partial charge in [-0.05, 0) is 33.0 Å². The Bertz CT molecular complexity index is 1240. The van der Waals surface area contributed by atoms with E-state index in [-0.39, 0.29) is 13.0 Å². The molecule has 4 aromatic carbocycles. The molecule has 0 aromatic heterocycles. The lowest BCUT2D eigenvalue weighted by Crippen LogP contribution is -2.43. The third kappa shape index (κ3) is 5.39. The van der Waals surface area contributed by atoms with Crippen LogP contribution >= 0.6 is 0 Å². The number of nitrogens with one attached hydrogen (secondary N) is 1. The Morgan fingerprint density at radius 2 is 1.48 bits per heavy atom. The smallest absolute Gasteiger partial charge is 0.408 e. The van der Waals surface area contributed by atoms with Crippen LogP contribution in [0.1, 0.15) is 11.1 Å². The van der Waals surface area contributed by atoms with Crippen LogP contribution in [0.2, 0.25) is 0 Å². The Balaban J connectivity index is 1.61. The summed E-state index contributed by atoms with van der Waals surface area (Å²) < 4.78 is 10.3. The Morgan fingerprint density at radius 3 is 2.21 bits per heavy atom. The SMILES string of the molecule is COC(=O)[C@H](Cc1ccc2ccccc2c1-c1ccccc1)NC(=O)OCc1ccccc1. The van der Waals surface area contributed by atoms with Crippen molar-refractivity contribution in [3.8, 4) is 11.1 Å². The summed E-state index contributed by atoms with van der Waals surface area (Å²) in [5.74, 6) is -0.529. The Morgan fingerprint density at radius 1 is 0.818 bits per heavy atom. The number of fused-ring (bicyclic) bond motifs is 1. The average Bonchev–Trinajstić information content (AvgIpc) is 2.87. The number of carbonyl (C=O) groups excluding carboxylic acids is 2. The largest absolute Gasteiger partial charge is 0.467 e. The van der Waals surface area contributed by atoms with Gasteiger partial charge in [-0.1, -0.05) is 97.1 Å². The first kappa shape index (κ1) is 22.1. The predicted octanol–water partition coefficient (Wildman–Crippen LogP) is 5.52. The number of esters is 1. The monoisotopic (exact) mass is 439 g/mol. The average molecular weight is 440 g/mol. The molecule has 4 aromatic rings. The van der Waals surface area contributed by atoms with Gasteiger partial charge in [-0.3, -0.25) is 0 Å². The number of benzene rings is 4. The van der Waals surface area contributed by atoms with E-state index in [9.17, 15) is 9.59 Å². The highest BCUT2D eigenvalue weighted by atomic mass is 16.6. The van der Waals surface area contributed by atoms with Gasteiger partial charge < -0.3 is 14.8 Å². The number of hydrogen-bond acceptors (Lipinski definition) is 4. The maximum absolute atomic E-state index is 12.5. The lowest BCUT2D eigenvalue weighted by molar-refractivity contribution is -0.143. The molecule has 0 bridgehead atoms. The lowest BCUT2D eigenvalue weighted by Gasteiger charge is -2.20. The van der Waals surface area contributed by atoms with E-state index in [4.69, 9.17) is 9.47 Å². The van der Waals surface area contributed by atoms with Crippen molar-refractivity contribution >= 4 is 22.8 Å². The summed E-state index contributed by atoms with van der Waals surface area (Å²) in [4.78, 5) is 25.0. The highest BCUT2D eigenvalue weighted by Gasteiger charge is 2.24. The zero-order chi connectivity index (χ0) is 23.0. The molecule has 0 saturated heterocycles. The zero-order valence-corrected chi connectivity index (χ0v) is 18.4. The van der Waals surface area contributed by atoms with Gasteiger partial charge in [0.15, 0.2) is 0 Å². The molecule has 1 N–H and O–H groups in total. The van der Waals surface area contributed by atoms with Crippen molar-refractivity contribution in [3.05, 3.63) is 108 Å². The van der Waals surface area contributed by atoms with Crippen LogP contribution in [0, 0.1) is 0 Å². The molecule has 0 aliphatic carbocycles. The van der Waals surface area contributed by atoms with Gasteiger partial charge in [-0.2, -0.15) is 0 Å². The summed E-state index contributed by atoms with van der Waals surface area (Å²) in [6, 6.07) is 30.6. The first-order chi connectivity index (χ1) is 16.2. The molecule has 0 fully saturated rings. The molecule has 0 saturated carbocycles. The van der Waals surface area contributed by atoms with Crippen LogP contribution in [-0.4, -0.2) is 25.2 Å². The maximum atomic E-state index is 12.5. The van der Waals surface area contributed by atoms with E-state index >= 15 is 0 Å². The summed E-state index contributed by atoms with van der Waals surface area (Å²) in [5.41, 5.74) is 3.86. The summed E-state index contributed by atoms with van der Waals surface area (Å²) in [5, 5.41) is 4.86. The van der Waals surface area contributed by atoms with Crippen molar-refractivity contribution in [1.82, 2.24) is 5.32 Å². The normalized spacial score (nSPS) is 11.5. The Kier molecular flexibility index (Phi) is 7.00. The summed E-state index contributed by atoms with van der Waals surface area (Å²) in [6.07, 6.45) is -0.404. The number of amides is 1. The third-order valence-electron chi connectivity index (χ3n) is 5.49. The standard InChI is InChI=1S/C28H25NO4/c1-32-27(30)25(29-28(31)33-19-20-10-4-2-5-11-20)18-23-17-16-21-12-8-9-15-24(21)26(23)22-13-6-3-7-14-22/h2-17,25H,18-19H2,1H3,(H,29,31)/t25-/m0/s1. The minimum atomic E-state index is -0.887. The summed E-state index contributed by atoms with van der Waals surface area (Å²) >= 11 is 0. The van der Waals surface area contributed by atoms with Crippen LogP contribution in [0.4, 0.5) is 4.79 Å². The minimum absolute atomic E-state index is 0.117. The van der Waals surface area contributed by atoms with Crippen molar-refractivity contribution in [3.63, 3.8) is 0 Å². The fourth-order valence-corrected chi connectivity index (χ4v) is 3.90. The van der Waals surface area contributed by atoms with Crippen LogP contribution in [0.25, 0.3) is 21.9 Å². The van der Waals surface area contributed by atoms with E-state index in [2.05, 4.69) is 17.4 Å². The summed E-state index contributed by atoms with van der Waals surface area (Å²) in [6.45, 7) is 0.117. The van der Waals surface area contributed by atoms with Crippen molar-refractivity contribution in [1.29, 1.82) is 0 Å². The first-order valence-electron chi connectivity index (χ1n) is 10.8. The Labute approximate surface area is 193 Å². The van der Waals surface area contributed by atoms with Gasteiger partial charge >= 0.3 is 12.1 Å². The number of methoxy groups -OCH3 is 1. The quantitative estimate of drug-likeness (QED) is 0.385. The topological polar surface area (TPSA) is 64.6 Å². The van der Waals surface area contributed by atoms with E-state index in [1.807, 2.05) is 84.9 Å². The molecule has 4 rings (SSSR count). The third-order valence-corrected chi connectivity index (χ3v) is 5.49. The van der Waals surface area contributed by atoms with Gasteiger partial charge in [-0.25, -0.2) is 9.59 Å². The van der Waals surface area contributed by atoms with Gasteiger partial charge in [0, 0.05) is 6.42 Å². The van der Waals surface area contributed by atoms with Crippen LogP contribution in [0.5, 0.6) is 0 Å². The van der Waals surface area contributed by atoms with Gasteiger partial charge in [0.25, 0.3) is 0 Å². The molecule has 5 nitrogen and oxygen atoms in total. The molecule has 1 atom stereocenters. The molecule has 166 valence electrons. The molecule has 0 unspecified atom stereocenters. The van der Waals surface area contributed by atoms with Crippen LogP contribution in [-0.2, 0) is 27.3 Å². The van der Waals surface area contributed by atoms with E-state index < -0.39 is 18.1 Å². The highest BCUT2D eigenvalue weighted by molar-refractivity contribution is 5.98. The van der Waals surface area contributed by atoms with Gasteiger partial charge in [0.1, 0.15) is 12.6 Å². The Hall–Kier alpha value is -4.12. The molecular formula is C28H25NO4. The molecule has 0 heterocycles. The molecule has 0 radical (unpaired) electrons. The lowest BCUT2D eigenvalue weighted by atomic mass is 9.90. The second-order valence-corrected chi connectivity index (χ2v) is 7.67. The minimum Gasteiger partial charge on any atom is -0.467 e. The zero-order valence-electron chi connectivity index (χ0n) is 18.4. The van der Waals surface area contributed by atoms with Gasteiger partial charge in [0.2, 0.25) is 0 Å². The second kappa shape index (κ2) is 10.5. The van der Waals surface area contributed by atoms with E-state index in [1.54, 1.807) is 0 Å². The molecule has 0 spiro atoms. The fourth-order valence-electron chi connectivity index (χ4n) is 3.90. The van der Waals surface area contributed by atoms with Gasteiger partial charge in [-0.15, -0.1) is 0 Å². The molecule has 0 aliphatic rings. The summed E-state index contributed by atoms with van der Waals surface area (Å²) in [7, 11) is 1.31. The number of rotatable bonds is 7. The van der Waals surface area contributed by atoms with Crippen LogP contribution < -0.4 is 5.32 Å². The van der Waals surface area contributed by atoms with Crippen LogP contribution in [0.15, 0.2) is 97.1 Å². The molecule has 33 heavy (non-hydrogen) atoms. The van der Waals surface area contributed by atoms with E-state index in [0.717, 1.165) is 33.0 Å². The van der Waals surface area contributed by atoms with Crippen molar-refractivity contribution in [2.24, 2.45) is 0 Å². The van der Waals surface area contributed by atoms with Crippen molar-refractivity contribution in [2.45, 2.75) is 19.1 Å². The number of hydrogen-bond donors (Lipinski definition) is 1. The highest BCUT2D eigenvalue weighted by Crippen LogP contribution is 2.33. The molecule has 5 heteroatoms. The van der Waals surface area contributed by atoms with E-state index in [0.29, 0.717) is 0 Å². The van der Waals surface area contributed by atoms with E-state index in [1.165, 1.54) is 7.11 Å². The van der Waals surface area contributed by atoms with Crippen LogP contribution in [0.3, 0.4) is 0 Å². The predicted molar refractivity (Wildman–Crippen MR) is 129 cm³/mol. The number of ether oxygens (including phenoxy) is 2. The van der Waals surface area contributed by atoms with Crippen molar-refractivity contribution < 1.29 is 19.1 Å². The molecular weight excluding hydrogens is 414 g/mol.